The summed E-state index contributed by atoms with van der Waals surface area (Å²) in [5.74, 6) is -0.996. The average molecular weight is 245 g/mol. The number of carbonyl (C=O) groups excluding carboxylic acids is 1. The standard InChI is InChI=1S/C14H15NO3/c1-10-4-2-3-5-11(10)12(8-15)14(16)13-9-17-6-7-18-13/h2-5,12-13H,6-7,9H2,1H3. The van der Waals surface area contributed by atoms with Crippen LogP contribution in [0.2, 0.25) is 0 Å². The molecular weight excluding hydrogens is 230 g/mol. The van der Waals surface area contributed by atoms with Crippen molar-refractivity contribution in [2.45, 2.75) is 18.9 Å². The second kappa shape index (κ2) is 5.76. The molecule has 0 spiro atoms. The van der Waals surface area contributed by atoms with E-state index >= 15 is 0 Å². The van der Waals surface area contributed by atoms with Crippen molar-refractivity contribution in [3.63, 3.8) is 0 Å². The van der Waals surface area contributed by atoms with E-state index in [0.29, 0.717) is 13.2 Å². The number of nitrogens with zero attached hydrogens (tertiary/aromatic N) is 1. The molecule has 4 nitrogen and oxygen atoms in total. The molecule has 1 saturated heterocycles. The van der Waals surface area contributed by atoms with E-state index in [2.05, 4.69) is 6.07 Å². The van der Waals surface area contributed by atoms with Crippen LogP contribution in [-0.4, -0.2) is 31.7 Å². The van der Waals surface area contributed by atoms with Gasteiger partial charge in [0.1, 0.15) is 12.0 Å². The smallest absolute Gasteiger partial charge is 0.185 e. The largest absolute Gasteiger partial charge is 0.376 e. The monoisotopic (exact) mass is 245 g/mol. The molecule has 0 saturated carbocycles. The third-order valence-corrected chi connectivity index (χ3v) is 3.05. The van der Waals surface area contributed by atoms with Crippen molar-refractivity contribution in [1.29, 1.82) is 5.26 Å². The van der Waals surface area contributed by atoms with Crippen molar-refractivity contribution in [3.8, 4) is 6.07 Å². The van der Waals surface area contributed by atoms with Crippen molar-refractivity contribution in [3.05, 3.63) is 35.4 Å². The summed E-state index contributed by atoms with van der Waals surface area (Å²) in [4.78, 5) is 12.3. The molecule has 1 aliphatic heterocycles. The van der Waals surface area contributed by atoms with E-state index in [9.17, 15) is 10.1 Å². The maximum absolute atomic E-state index is 12.3. The van der Waals surface area contributed by atoms with Gasteiger partial charge in [0.15, 0.2) is 5.78 Å². The Labute approximate surface area is 106 Å². The van der Waals surface area contributed by atoms with Crippen molar-refractivity contribution < 1.29 is 14.3 Å². The van der Waals surface area contributed by atoms with Crippen LogP contribution < -0.4 is 0 Å². The number of rotatable bonds is 3. The minimum Gasteiger partial charge on any atom is -0.376 e. The molecule has 1 aromatic rings. The Kier molecular flexibility index (Phi) is 4.08. The lowest BCUT2D eigenvalue weighted by molar-refractivity contribution is -0.145. The molecule has 0 radical (unpaired) electrons. The molecule has 18 heavy (non-hydrogen) atoms. The lowest BCUT2D eigenvalue weighted by Gasteiger charge is -2.24. The Morgan fingerprint density at radius 3 is 2.83 bits per heavy atom. The predicted octanol–water partition coefficient (Wildman–Crippen LogP) is 1.59. The summed E-state index contributed by atoms with van der Waals surface area (Å²) in [5, 5.41) is 9.24. The van der Waals surface area contributed by atoms with E-state index in [1.54, 1.807) is 0 Å². The molecule has 4 heteroatoms. The van der Waals surface area contributed by atoms with Gasteiger partial charge >= 0.3 is 0 Å². The van der Waals surface area contributed by atoms with Gasteiger partial charge in [-0.15, -0.1) is 0 Å². The summed E-state index contributed by atoms with van der Waals surface area (Å²) in [7, 11) is 0. The third kappa shape index (κ3) is 2.58. The molecule has 0 amide bonds. The number of hydrogen-bond acceptors (Lipinski definition) is 4. The first kappa shape index (κ1) is 12.7. The highest BCUT2D eigenvalue weighted by Crippen LogP contribution is 2.22. The summed E-state index contributed by atoms with van der Waals surface area (Å²) in [5.41, 5.74) is 1.69. The zero-order valence-corrected chi connectivity index (χ0v) is 10.3. The van der Waals surface area contributed by atoms with E-state index < -0.39 is 12.0 Å². The summed E-state index contributed by atoms with van der Waals surface area (Å²) < 4.78 is 10.6. The van der Waals surface area contributed by atoms with E-state index in [0.717, 1.165) is 11.1 Å². The maximum Gasteiger partial charge on any atom is 0.185 e. The van der Waals surface area contributed by atoms with Crippen LogP contribution in [0.5, 0.6) is 0 Å². The van der Waals surface area contributed by atoms with Crippen LogP contribution in [-0.2, 0) is 14.3 Å². The van der Waals surface area contributed by atoms with Gasteiger partial charge in [-0.2, -0.15) is 5.26 Å². The first-order valence-electron chi connectivity index (χ1n) is 5.92. The number of nitriles is 1. The molecule has 2 unspecified atom stereocenters. The molecular formula is C14H15NO3. The average Bonchev–Trinajstić information content (AvgIpc) is 2.42. The highest BCUT2D eigenvalue weighted by Gasteiger charge is 2.31. The fraction of sp³-hybridized carbons (Fsp3) is 0.429. The summed E-state index contributed by atoms with van der Waals surface area (Å²) in [6.07, 6.45) is -0.622. The van der Waals surface area contributed by atoms with Crippen molar-refractivity contribution in [2.24, 2.45) is 0 Å². The van der Waals surface area contributed by atoms with Crippen LogP contribution in [0, 0.1) is 18.3 Å². The molecule has 1 aliphatic rings. The molecule has 0 aromatic heterocycles. The molecule has 0 aliphatic carbocycles. The highest BCUT2D eigenvalue weighted by atomic mass is 16.6. The van der Waals surface area contributed by atoms with Crippen molar-refractivity contribution >= 4 is 5.78 Å². The van der Waals surface area contributed by atoms with Crippen LogP contribution in [0.25, 0.3) is 0 Å². The third-order valence-electron chi connectivity index (χ3n) is 3.05. The van der Waals surface area contributed by atoms with E-state index in [-0.39, 0.29) is 12.4 Å². The molecule has 0 bridgehead atoms. The van der Waals surface area contributed by atoms with Gasteiger partial charge in [0.05, 0.1) is 25.9 Å². The minimum atomic E-state index is -0.780. The quantitative estimate of drug-likeness (QED) is 0.811. The Bertz CT molecular complexity index is 472. The van der Waals surface area contributed by atoms with Gasteiger partial charge in [-0.3, -0.25) is 4.79 Å². The molecule has 1 aromatic carbocycles. The Morgan fingerprint density at radius 2 is 2.22 bits per heavy atom. The zero-order valence-electron chi connectivity index (χ0n) is 10.3. The van der Waals surface area contributed by atoms with Gasteiger partial charge < -0.3 is 9.47 Å². The number of Topliss-reactive ketones (excluding diaryl/α,β-unsaturated/α-hetero) is 1. The van der Waals surface area contributed by atoms with Gasteiger partial charge in [-0.1, -0.05) is 24.3 Å². The van der Waals surface area contributed by atoms with Crippen LogP contribution in [0.4, 0.5) is 0 Å². The lowest BCUT2D eigenvalue weighted by Crippen LogP contribution is -2.38. The van der Waals surface area contributed by atoms with Gasteiger partial charge in [0, 0.05) is 0 Å². The van der Waals surface area contributed by atoms with Gasteiger partial charge in [0.2, 0.25) is 0 Å². The molecule has 2 atom stereocenters. The minimum absolute atomic E-state index is 0.216. The van der Waals surface area contributed by atoms with E-state index in [1.165, 1.54) is 0 Å². The van der Waals surface area contributed by atoms with Crippen LogP contribution in [0.15, 0.2) is 24.3 Å². The number of ether oxygens (including phenoxy) is 2. The van der Waals surface area contributed by atoms with Crippen LogP contribution in [0.3, 0.4) is 0 Å². The number of aryl methyl sites for hydroxylation is 1. The zero-order chi connectivity index (χ0) is 13.0. The normalized spacial score (nSPS) is 21.0. The second-order valence-corrected chi connectivity index (χ2v) is 4.26. The van der Waals surface area contributed by atoms with Gasteiger partial charge in [-0.25, -0.2) is 0 Å². The summed E-state index contributed by atoms with van der Waals surface area (Å²) in [6.45, 7) is 3.04. The fourth-order valence-electron chi connectivity index (χ4n) is 2.04. The van der Waals surface area contributed by atoms with E-state index in [4.69, 9.17) is 9.47 Å². The highest BCUT2D eigenvalue weighted by molar-refractivity contribution is 5.92. The molecule has 1 heterocycles. The van der Waals surface area contributed by atoms with Crippen LogP contribution in [0.1, 0.15) is 17.0 Å². The van der Waals surface area contributed by atoms with Gasteiger partial charge in [0.25, 0.3) is 0 Å². The van der Waals surface area contributed by atoms with Crippen molar-refractivity contribution in [1.82, 2.24) is 0 Å². The lowest BCUT2D eigenvalue weighted by atomic mass is 9.90. The van der Waals surface area contributed by atoms with Crippen LogP contribution >= 0.6 is 0 Å². The number of benzene rings is 1. The molecule has 1 fully saturated rings. The number of ketones is 1. The predicted molar refractivity (Wildman–Crippen MR) is 65.1 cm³/mol. The Hall–Kier alpha value is -1.70. The van der Waals surface area contributed by atoms with Gasteiger partial charge in [-0.05, 0) is 18.1 Å². The van der Waals surface area contributed by atoms with E-state index in [1.807, 2.05) is 31.2 Å². The van der Waals surface area contributed by atoms with Crippen molar-refractivity contribution in [2.75, 3.05) is 19.8 Å². The fourth-order valence-corrected chi connectivity index (χ4v) is 2.04. The Balaban J connectivity index is 2.21. The summed E-state index contributed by atoms with van der Waals surface area (Å²) >= 11 is 0. The number of hydrogen-bond donors (Lipinski definition) is 0. The molecule has 94 valence electrons. The topological polar surface area (TPSA) is 59.3 Å². The molecule has 0 N–H and O–H groups in total. The second-order valence-electron chi connectivity index (χ2n) is 4.26. The SMILES string of the molecule is Cc1ccccc1C(C#N)C(=O)C1COCCO1. The molecule has 2 rings (SSSR count). The Morgan fingerprint density at radius 1 is 1.44 bits per heavy atom. The number of carbonyl (C=O) groups is 1. The first-order valence-corrected chi connectivity index (χ1v) is 5.92. The first-order chi connectivity index (χ1) is 8.74. The summed E-state index contributed by atoms with van der Waals surface area (Å²) in [6, 6.07) is 9.49. The maximum atomic E-state index is 12.3.